The van der Waals surface area contributed by atoms with Crippen LogP contribution < -0.4 is 4.74 Å². The van der Waals surface area contributed by atoms with Crippen molar-refractivity contribution < 1.29 is 9.15 Å². The van der Waals surface area contributed by atoms with Crippen LogP contribution in [0, 0.1) is 59.2 Å². The fourth-order valence-corrected chi connectivity index (χ4v) is 28.8. The van der Waals surface area contributed by atoms with Crippen LogP contribution in [0.4, 0.5) is 0 Å². The zero-order chi connectivity index (χ0) is 98.1. The standard InChI is InChI=1S/C14H22OS2.2C14H22S2.C13H20S2.C12H20OS2.C12H24S2.C10H22S2.C9H20S2.5C2H6/c1-11(2)9-10-15-13-7-5-6-8-14(13)17-16-12(3)4;1-11(2)9-13-7-5-6-8-14(13)10-15-16-12(3)4;1-11(2)9-10-13-7-5-6-8-14(13)16-15-12(3)4;1-10(2)9-12-5-7-13(8-6-12)15-14-11(3)4;1-9(2)5-11-6-13-7-12(11)8-14-15-10(3)4;1-8(2)6-7-11-10(5)13-14-12(11)9(3)4;1-8(2)6-7-10(5)12-11-9(3)4;1-8(2)6-5-7-10-11-9(3)4;5*1-2/h5-8,11-12H,9-10H2,1-4H3;2*5-8,11-12H,9-10H2,1-4H3;5-8,10-11H,9H2,1-4H3;6-7,9-10H,5,8H2,1-4H3;8-12H,6-7H2,1-5H3;8-10H,6-7H2,1-5H3;8-9H,5-7H2,1-4H3;5*1-2H3. The molecule has 1 aliphatic heterocycles. The van der Waals surface area contributed by atoms with Gasteiger partial charge in [-0.15, -0.1) is 0 Å². The SMILES string of the molecule is CC.CC.CC.CC.CC.CC(C)CCC(C)SSC(C)C.CC(C)CCC1C(C)SSC1C(C)C.CC(C)CCCSSC(C)C.CC(C)CCOc1ccccc1SSC(C)C.CC(C)CCc1ccccc1SSC(C)C.CC(C)Cc1ccc(SSC(C)C)cc1.CC(C)Cc1ccccc1CSSC(C)C.CC(C)Cc1cocc1CSSC(C)C. The van der Waals surface area contributed by atoms with E-state index >= 15 is 0 Å². The van der Waals surface area contributed by atoms with E-state index in [1.54, 1.807) is 10.8 Å². The Labute approximate surface area is 853 Å². The molecule has 0 radical (unpaired) electrons. The molecule has 0 bridgehead atoms. The van der Waals surface area contributed by atoms with Crippen LogP contribution in [0.3, 0.4) is 0 Å². The summed E-state index contributed by atoms with van der Waals surface area (Å²) in [6.45, 7) is 98.1. The molecule has 1 fully saturated rings. The predicted molar refractivity (Wildman–Crippen MR) is 633 cm³/mol. The lowest BCUT2D eigenvalue weighted by molar-refractivity contribution is 0.283. The van der Waals surface area contributed by atoms with E-state index in [9.17, 15) is 0 Å². The Hall–Kier alpha value is 1.56. The molecule has 0 spiro atoms. The van der Waals surface area contributed by atoms with E-state index in [0.717, 1.165) is 110 Å². The van der Waals surface area contributed by atoms with Gasteiger partial charge in [0.1, 0.15) is 5.75 Å². The monoisotopic (exact) mass is 2040 g/mol. The normalized spacial score (nSPS) is 13.4. The van der Waals surface area contributed by atoms with Gasteiger partial charge in [0.05, 0.1) is 24.0 Å². The Bertz CT molecular complexity index is 2940. The van der Waals surface area contributed by atoms with E-state index < -0.39 is 0 Å². The van der Waals surface area contributed by atoms with Gasteiger partial charge in [0.2, 0.25) is 0 Å². The Morgan fingerprint density at radius 1 is 0.333 bits per heavy atom. The molecular weight excluding hydrogens is 1840 g/mol. The second-order valence-corrected chi connectivity index (χ2v) is 59.5. The zero-order valence-electron chi connectivity index (χ0n) is 89.6. The molecule has 1 saturated heterocycles. The summed E-state index contributed by atoms with van der Waals surface area (Å²) in [7, 11) is 31.5. The van der Waals surface area contributed by atoms with Crippen molar-refractivity contribution in [3.05, 3.63) is 143 Å². The fraction of sp³-hybridized carbons (Fsp3) is 0.741. The topological polar surface area (TPSA) is 22.4 Å². The molecule has 18 heteroatoms. The van der Waals surface area contributed by atoms with Crippen LogP contribution in [0.1, 0.15) is 389 Å². The van der Waals surface area contributed by atoms with Gasteiger partial charge in [0, 0.05) is 85.1 Å². The molecule has 742 valence electrons. The summed E-state index contributed by atoms with van der Waals surface area (Å²) >= 11 is 0. The molecule has 4 unspecified atom stereocenters. The molecule has 0 N–H and O–H groups in total. The van der Waals surface area contributed by atoms with Gasteiger partial charge in [-0.1, -0.05) is 557 Å². The second kappa shape index (κ2) is 96.8. The lowest BCUT2D eigenvalue weighted by atomic mass is 9.87. The van der Waals surface area contributed by atoms with Crippen molar-refractivity contribution in [3.8, 4) is 5.75 Å². The summed E-state index contributed by atoms with van der Waals surface area (Å²) in [4.78, 5) is 4.04. The fourth-order valence-electron chi connectivity index (χ4n) is 10.4. The number of benzene rings is 4. The van der Waals surface area contributed by atoms with E-state index in [4.69, 9.17) is 9.15 Å². The van der Waals surface area contributed by atoms with Gasteiger partial charge in [-0.2, -0.15) is 0 Å². The van der Waals surface area contributed by atoms with E-state index in [2.05, 4.69) is 348 Å². The predicted octanol–water partition coefficient (Wildman–Crippen LogP) is 44.5. The van der Waals surface area contributed by atoms with Crippen LogP contribution in [0.25, 0.3) is 0 Å². The maximum absolute atomic E-state index is 5.85. The third kappa shape index (κ3) is 93.2. The molecule has 5 aromatic rings. The first-order valence-electron chi connectivity index (χ1n) is 49.1. The van der Waals surface area contributed by atoms with Crippen molar-refractivity contribution in [3.63, 3.8) is 0 Å². The smallest absolute Gasteiger partial charge is 0.133 e. The second-order valence-electron chi connectivity index (χ2n) is 35.9. The molecule has 2 heterocycles. The number of aryl methyl sites for hydroxylation is 1. The van der Waals surface area contributed by atoms with Crippen LogP contribution in [0.15, 0.2) is 129 Å². The lowest BCUT2D eigenvalue weighted by Crippen LogP contribution is -2.24. The summed E-state index contributed by atoms with van der Waals surface area (Å²) < 4.78 is 11.1. The maximum Gasteiger partial charge on any atom is 0.133 e. The van der Waals surface area contributed by atoms with E-state index in [1.807, 2.05) is 228 Å². The highest BCUT2D eigenvalue weighted by Crippen LogP contribution is 2.52. The number of hydrogen-bond acceptors (Lipinski definition) is 18. The average molecular weight is 2050 g/mol. The summed E-state index contributed by atoms with van der Waals surface area (Å²) in [5.41, 5.74) is 8.73. The van der Waals surface area contributed by atoms with E-state index in [1.165, 1.54) is 118 Å². The van der Waals surface area contributed by atoms with Gasteiger partial charge in [-0.3, -0.25) is 0 Å². The van der Waals surface area contributed by atoms with Crippen molar-refractivity contribution in [2.45, 2.75) is 460 Å². The van der Waals surface area contributed by atoms with Gasteiger partial charge in [0.15, 0.2) is 0 Å². The maximum atomic E-state index is 5.85. The van der Waals surface area contributed by atoms with E-state index in [-0.39, 0.29) is 0 Å². The number of furan rings is 1. The molecule has 1 aromatic heterocycles. The highest BCUT2D eigenvalue weighted by molar-refractivity contribution is 8.79. The van der Waals surface area contributed by atoms with Crippen LogP contribution in [-0.2, 0) is 37.2 Å². The summed E-state index contributed by atoms with van der Waals surface area (Å²) in [6, 6.07) is 34.9. The van der Waals surface area contributed by atoms with Crippen molar-refractivity contribution in [1.82, 2.24) is 0 Å². The van der Waals surface area contributed by atoms with Crippen molar-refractivity contribution in [2.75, 3.05) is 12.4 Å². The van der Waals surface area contributed by atoms with Crippen LogP contribution in [-0.4, -0.2) is 64.9 Å². The highest BCUT2D eigenvalue weighted by atomic mass is 33.1. The molecule has 2 nitrogen and oxygen atoms in total. The third-order valence-corrected chi connectivity index (χ3v) is 41.5. The first-order valence-corrected chi connectivity index (χ1v) is 67.4. The third-order valence-electron chi connectivity index (χ3n) is 16.4. The first kappa shape index (κ1) is 141. The van der Waals surface area contributed by atoms with Gasteiger partial charge in [-0.05, 0) is 182 Å². The Balaban J connectivity index is -0.000000254. The molecule has 0 amide bonds. The Kier molecular flexibility index (Phi) is 108. The minimum atomic E-state index is 0.628. The summed E-state index contributed by atoms with van der Waals surface area (Å²) in [6.07, 6.45) is 19.2. The molecule has 6 rings (SSSR count). The average Bonchev–Trinajstić information content (AvgIpc) is 1.68. The molecule has 0 saturated carbocycles. The van der Waals surface area contributed by atoms with Crippen molar-refractivity contribution in [2.24, 2.45) is 59.2 Å². The Morgan fingerprint density at radius 3 is 1.20 bits per heavy atom. The lowest BCUT2D eigenvalue weighted by Gasteiger charge is -2.24. The van der Waals surface area contributed by atoms with E-state index in [0.29, 0.717) is 38.1 Å². The highest BCUT2D eigenvalue weighted by Gasteiger charge is 2.36. The van der Waals surface area contributed by atoms with Crippen LogP contribution in [0.2, 0.25) is 0 Å². The minimum absolute atomic E-state index is 0.628. The number of ether oxygens (including phenoxy) is 1. The largest absolute Gasteiger partial charge is 0.492 e. The van der Waals surface area contributed by atoms with Crippen molar-refractivity contribution in [1.29, 1.82) is 0 Å². The van der Waals surface area contributed by atoms with Gasteiger partial charge in [0.25, 0.3) is 0 Å². The van der Waals surface area contributed by atoms with Gasteiger partial charge >= 0.3 is 0 Å². The quantitative estimate of drug-likeness (QED) is 0.0272. The number of hydrogen-bond donors (Lipinski definition) is 0. The first-order chi connectivity index (χ1) is 59.6. The minimum Gasteiger partial charge on any atom is -0.492 e. The summed E-state index contributed by atoms with van der Waals surface area (Å²) in [5.74, 6) is 12.6. The number of rotatable bonds is 46. The molecular formula is C108H202O2S16. The van der Waals surface area contributed by atoms with Crippen molar-refractivity contribution >= 4 is 173 Å². The van der Waals surface area contributed by atoms with Gasteiger partial charge in [-0.25, -0.2) is 0 Å². The molecule has 1 aliphatic rings. The van der Waals surface area contributed by atoms with Gasteiger partial charge < -0.3 is 9.15 Å². The molecule has 4 atom stereocenters. The zero-order valence-corrected chi connectivity index (χ0v) is 103. The molecule has 126 heavy (non-hydrogen) atoms. The molecule has 0 aliphatic carbocycles. The molecule has 4 aromatic carbocycles. The number of para-hydroxylation sites is 1. The van der Waals surface area contributed by atoms with Crippen LogP contribution in [0.5, 0.6) is 5.75 Å². The van der Waals surface area contributed by atoms with Crippen LogP contribution >= 0.6 is 173 Å². The Morgan fingerprint density at radius 2 is 0.738 bits per heavy atom. The summed E-state index contributed by atoms with van der Waals surface area (Å²) in [5, 5.41) is 7.52.